The van der Waals surface area contributed by atoms with Crippen LogP contribution in [-0.4, -0.2) is 0 Å². The van der Waals surface area contributed by atoms with Crippen LogP contribution in [0.5, 0.6) is 0 Å². The van der Waals surface area contributed by atoms with Gasteiger partial charge in [0.1, 0.15) is 11.6 Å². The van der Waals surface area contributed by atoms with Crippen molar-refractivity contribution in [3.63, 3.8) is 0 Å². The van der Waals surface area contributed by atoms with Crippen molar-refractivity contribution in [2.75, 3.05) is 0 Å². The molecule has 1 aromatic rings. The highest BCUT2D eigenvalue weighted by Gasteiger charge is 2.15. The number of hydrogen-bond donors (Lipinski definition) is 0. The van der Waals surface area contributed by atoms with Gasteiger partial charge in [-0.3, -0.25) is 0 Å². The summed E-state index contributed by atoms with van der Waals surface area (Å²) in [6, 6.07) is 2.86. The number of rotatable bonds is 2. The fourth-order valence-electron chi connectivity index (χ4n) is 2.13. The van der Waals surface area contributed by atoms with Gasteiger partial charge in [-0.2, -0.15) is 0 Å². The zero-order valence-electron chi connectivity index (χ0n) is 10.1. The molecule has 0 fully saturated rings. The first-order valence-corrected chi connectivity index (χ1v) is 5.95. The first-order chi connectivity index (χ1) is 8.09. The van der Waals surface area contributed by atoms with Crippen molar-refractivity contribution < 1.29 is 8.78 Å². The second-order valence-electron chi connectivity index (χ2n) is 4.65. The van der Waals surface area contributed by atoms with Gasteiger partial charge in [0.2, 0.25) is 0 Å². The Morgan fingerprint density at radius 2 is 1.71 bits per heavy atom. The van der Waals surface area contributed by atoms with Crippen molar-refractivity contribution in [2.45, 2.75) is 32.6 Å². The highest BCUT2D eigenvalue weighted by Crippen LogP contribution is 2.28. The van der Waals surface area contributed by atoms with Crippen LogP contribution < -0.4 is 0 Å². The lowest BCUT2D eigenvalue weighted by atomic mass is 9.95. The SMILES string of the molecule is CC(C)c1c(F)cc(C2=CCCC=C2)cc1F. The highest BCUT2D eigenvalue weighted by atomic mass is 19.1. The predicted octanol–water partition coefficient (Wildman–Crippen LogP) is 4.82. The van der Waals surface area contributed by atoms with E-state index < -0.39 is 11.6 Å². The lowest BCUT2D eigenvalue weighted by Gasteiger charge is -2.12. The van der Waals surface area contributed by atoms with Crippen molar-refractivity contribution in [3.8, 4) is 0 Å². The number of halogens is 2. The van der Waals surface area contributed by atoms with Gasteiger partial charge in [-0.15, -0.1) is 0 Å². The summed E-state index contributed by atoms with van der Waals surface area (Å²) in [5.41, 5.74) is 1.71. The zero-order chi connectivity index (χ0) is 12.4. The zero-order valence-corrected chi connectivity index (χ0v) is 10.1. The molecule has 0 bridgehead atoms. The molecule has 90 valence electrons. The molecule has 0 nitrogen and oxygen atoms in total. The lowest BCUT2D eigenvalue weighted by Crippen LogP contribution is -2.00. The second-order valence-corrected chi connectivity index (χ2v) is 4.65. The minimum atomic E-state index is -0.449. The van der Waals surface area contributed by atoms with E-state index in [-0.39, 0.29) is 11.5 Å². The molecule has 0 N–H and O–H groups in total. The fraction of sp³-hybridized carbons (Fsp3) is 0.333. The predicted molar refractivity (Wildman–Crippen MR) is 66.8 cm³/mol. The van der Waals surface area contributed by atoms with E-state index in [2.05, 4.69) is 0 Å². The maximum atomic E-state index is 13.8. The smallest absolute Gasteiger partial charge is 0.130 e. The Balaban J connectivity index is 2.45. The quantitative estimate of drug-likeness (QED) is 0.688. The topological polar surface area (TPSA) is 0 Å². The Morgan fingerprint density at radius 1 is 1.06 bits per heavy atom. The van der Waals surface area contributed by atoms with Crippen LogP contribution in [0.25, 0.3) is 5.57 Å². The van der Waals surface area contributed by atoms with Crippen molar-refractivity contribution >= 4 is 5.57 Å². The van der Waals surface area contributed by atoms with Gasteiger partial charge in [-0.1, -0.05) is 32.1 Å². The molecule has 0 aliphatic heterocycles. The van der Waals surface area contributed by atoms with Gasteiger partial charge in [-0.25, -0.2) is 8.78 Å². The van der Waals surface area contributed by atoms with Crippen LogP contribution in [0, 0.1) is 11.6 Å². The van der Waals surface area contributed by atoms with Crippen LogP contribution in [0.15, 0.2) is 30.4 Å². The molecule has 17 heavy (non-hydrogen) atoms. The van der Waals surface area contributed by atoms with Crippen LogP contribution in [0.3, 0.4) is 0 Å². The summed E-state index contributed by atoms with van der Waals surface area (Å²) in [6.07, 6.45) is 7.90. The van der Waals surface area contributed by atoms with Gasteiger partial charge in [0.25, 0.3) is 0 Å². The Hall–Kier alpha value is -1.44. The summed E-state index contributed by atoms with van der Waals surface area (Å²) in [5.74, 6) is -1.04. The van der Waals surface area contributed by atoms with Crippen LogP contribution in [0.2, 0.25) is 0 Å². The molecule has 1 aliphatic rings. The average Bonchev–Trinajstić information content (AvgIpc) is 2.28. The first-order valence-electron chi connectivity index (χ1n) is 5.95. The molecule has 0 unspecified atom stereocenters. The third kappa shape index (κ3) is 2.46. The Labute approximate surface area is 101 Å². The minimum absolute atomic E-state index is 0.139. The van der Waals surface area contributed by atoms with Gasteiger partial charge in [0.05, 0.1) is 0 Å². The molecule has 0 aromatic heterocycles. The fourth-order valence-corrected chi connectivity index (χ4v) is 2.13. The molecule has 0 saturated carbocycles. The maximum Gasteiger partial charge on any atom is 0.130 e. The van der Waals surface area contributed by atoms with Gasteiger partial charge >= 0.3 is 0 Å². The van der Waals surface area contributed by atoms with Crippen LogP contribution in [0.4, 0.5) is 8.78 Å². The lowest BCUT2D eigenvalue weighted by molar-refractivity contribution is 0.541. The standard InChI is InChI=1S/C15H16F2/c1-10(2)15-13(16)8-12(9-14(15)17)11-6-4-3-5-7-11/h4,6-10H,3,5H2,1-2H3. The molecule has 0 radical (unpaired) electrons. The average molecular weight is 234 g/mol. The molecule has 0 heterocycles. The molecule has 0 amide bonds. The monoisotopic (exact) mass is 234 g/mol. The molecule has 0 spiro atoms. The van der Waals surface area contributed by atoms with Crippen molar-refractivity contribution in [2.24, 2.45) is 0 Å². The van der Waals surface area contributed by atoms with Gasteiger partial charge < -0.3 is 0 Å². The molecular weight excluding hydrogens is 218 g/mol. The van der Waals surface area contributed by atoms with E-state index in [1.807, 2.05) is 18.2 Å². The largest absolute Gasteiger partial charge is 0.207 e. The van der Waals surface area contributed by atoms with Crippen LogP contribution in [-0.2, 0) is 0 Å². The van der Waals surface area contributed by atoms with E-state index in [0.29, 0.717) is 5.56 Å². The Morgan fingerprint density at radius 3 is 2.18 bits per heavy atom. The summed E-state index contributed by atoms with van der Waals surface area (Å²) in [5, 5.41) is 0. The van der Waals surface area contributed by atoms with Crippen LogP contribution >= 0.6 is 0 Å². The van der Waals surface area contributed by atoms with E-state index in [0.717, 1.165) is 18.4 Å². The minimum Gasteiger partial charge on any atom is -0.207 e. The molecular formula is C15H16F2. The van der Waals surface area contributed by atoms with E-state index >= 15 is 0 Å². The van der Waals surface area contributed by atoms with E-state index in [1.54, 1.807) is 13.8 Å². The summed E-state index contributed by atoms with van der Waals surface area (Å²) < 4.78 is 27.7. The van der Waals surface area contributed by atoms with Crippen LogP contribution in [0.1, 0.15) is 43.7 Å². The molecule has 1 aliphatic carbocycles. The number of allylic oxidation sites excluding steroid dienone is 4. The third-order valence-electron chi connectivity index (χ3n) is 2.98. The molecule has 0 saturated heterocycles. The second kappa shape index (κ2) is 4.82. The Bertz CT molecular complexity index is 459. The Kier molecular flexibility index (Phi) is 3.41. The molecule has 0 atom stereocenters. The third-order valence-corrected chi connectivity index (χ3v) is 2.98. The van der Waals surface area contributed by atoms with Crippen molar-refractivity contribution in [3.05, 3.63) is 53.1 Å². The van der Waals surface area contributed by atoms with E-state index in [9.17, 15) is 8.78 Å². The van der Waals surface area contributed by atoms with E-state index in [4.69, 9.17) is 0 Å². The normalized spacial score (nSPS) is 15.2. The van der Waals surface area contributed by atoms with Crippen molar-refractivity contribution in [1.82, 2.24) is 0 Å². The molecule has 2 heteroatoms. The molecule has 1 aromatic carbocycles. The summed E-state index contributed by atoms with van der Waals surface area (Å²) in [4.78, 5) is 0. The van der Waals surface area contributed by atoms with Gasteiger partial charge in [-0.05, 0) is 42.0 Å². The summed E-state index contributed by atoms with van der Waals surface area (Å²) in [7, 11) is 0. The maximum absolute atomic E-state index is 13.8. The summed E-state index contributed by atoms with van der Waals surface area (Å²) in [6.45, 7) is 3.59. The van der Waals surface area contributed by atoms with Crippen molar-refractivity contribution in [1.29, 1.82) is 0 Å². The van der Waals surface area contributed by atoms with Gasteiger partial charge in [0, 0.05) is 5.56 Å². The van der Waals surface area contributed by atoms with Gasteiger partial charge in [0.15, 0.2) is 0 Å². The number of benzene rings is 1. The van der Waals surface area contributed by atoms with E-state index in [1.165, 1.54) is 12.1 Å². The number of hydrogen-bond acceptors (Lipinski definition) is 0. The highest BCUT2D eigenvalue weighted by molar-refractivity contribution is 5.75. The molecule has 2 rings (SSSR count). The summed E-state index contributed by atoms with van der Waals surface area (Å²) >= 11 is 0. The first kappa shape index (κ1) is 12.0.